The molecule has 0 N–H and O–H groups in total. The van der Waals surface area contributed by atoms with Gasteiger partial charge in [-0.3, -0.25) is 23.9 Å². The van der Waals surface area contributed by atoms with E-state index in [-0.39, 0.29) is 5.78 Å². The largest absolute Gasteiger partial charge is 0.456 e. The monoisotopic (exact) mass is 407 g/mol. The van der Waals surface area contributed by atoms with Crippen molar-refractivity contribution in [1.82, 2.24) is 0 Å². The summed E-state index contributed by atoms with van der Waals surface area (Å²) in [4.78, 5) is 46.6. The van der Waals surface area contributed by atoms with Crippen LogP contribution in [0.4, 0.5) is 0 Å². The highest BCUT2D eigenvalue weighted by Crippen LogP contribution is 2.35. The predicted octanol–water partition coefficient (Wildman–Crippen LogP) is 1.15. The summed E-state index contributed by atoms with van der Waals surface area (Å²) in [6.07, 6.45) is -2.73. The first-order valence-electron chi connectivity index (χ1n) is 7.69. The third kappa shape index (κ3) is 5.75. The lowest BCUT2D eigenvalue weighted by Gasteiger charge is -2.45. The number of Topliss-reactive ketones (excluding diaryl/α,β-unsaturated/α-hetero) is 1. The van der Waals surface area contributed by atoms with Gasteiger partial charge in [-0.2, -0.15) is 0 Å². The normalized spacial score (nSPS) is 29.2. The van der Waals surface area contributed by atoms with E-state index < -0.39 is 53.8 Å². The van der Waals surface area contributed by atoms with E-state index in [4.69, 9.17) is 18.9 Å². The maximum atomic E-state index is 11.9. The van der Waals surface area contributed by atoms with Crippen LogP contribution in [0.1, 0.15) is 27.7 Å². The van der Waals surface area contributed by atoms with Crippen LogP contribution in [0.2, 0.25) is 0 Å². The van der Waals surface area contributed by atoms with Crippen LogP contribution in [0.15, 0.2) is 4.74 Å². The molecule has 0 bridgehead atoms. The van der Waals surface area contributed by atoms with Gasteiger partial charge in [0, 0.05) is 20.8 Å². The first-order valence-corrected chi connectivity index (χ1v) is 9.42. The molecular weight excluding hydrogens is 385 g/mol. The Labute approximate surface area is 157 Å². The van der Waals surface area contributed by atoms with E-state index in [1.165, 1.54) is 32.5 Å². The summed E-state index contributed by atoms with van der Waals surface area (Å²) in [7, 11) is 2.95. The number of ether oxygens (including phenoxy) is 4. The Morgan fingerprint density at radius 3 is 1.77 bits per heavy atom. The molecule has 11 heteroatoms. The highest BCUT2D eigenvalue weighted by atomic mass is 32.2. The minimum Gasteiger partial charge on any atom is -0.456 e. The number of hydrogen-bond donors (Lipinski definition) is 0. The molecule has 1 heterocycles. The van der Waals surface area contributed by atoms with Crippen molar-refractivity contribution in [3.05, 3.63) is 0 Å². The molecule has 0 amide bonds. The van der Waals surface area contributed by atoms with Gasteiger partial charge in [-0.25, -0.2) is 0 Å². The number of rotatable bonds is 7. The van der Waals surface area contributed by atoms with Crippen molar-refractivity contribution in [3.8, 4) is 0 Å². The molecule has 1 aliphatic rings. The van der Waals surface area contributed by atoms with Gasteiger partial charge in [-0.15, -0.1) is 11.8 Å². The van der Waals surface area contributed by atoms with Gasteiger partial charge < -0.3 is 18.9 Å². The maximum absolute atomic E-state index is 11.9. The molecule has 0 aliphatic carbocycles. The molecule has 26 heavy (non-hydrogen) atoms. The standard InChI is InChI=1S/C15H22NO8PS/c1-6(17)10(16-25)11-12(21-7(2)18)13(22-8(3)19)14(23-9(4)20)15(24-11)26-5/h10-15,25H,1-5H3/t10-,11-,12+,13+,14-,15-/m1/s1. The smallest absolute Gasteiger partial charge is 0.303 e. The summed E-state index contributed by atoms with van der Waals surface area (Å²) in [5.41, 5.74) is -0.768. The van der Waals surface area contributed by atoms with Gasteiger partial charge in [0.25, 0.3) is 0 Å². The predicted molar refractivity (Wildman–Crippen MR) is 94.1 cm³/mol. The average Bonchev–Trinajstić information content (AvgIpc) is 2.51. The van der Waals surface area contributed by atoms with Gasteiger partial charge in [0.2, 0.25) is 0 Å². The molecular formula is C15H22NO8PS. The lowest BCUT2D eigenvalue weighted by molar-refractivity contribution is -0.233. The average molecular weight is 407 g/mol. The molecule has 146 valence electrons. The van der Waals surface area contributed by atoms with Crippen LogP contribution in [-0.4, -0.2) is 65.8 Å². The molecule has 1 saturated heterocycles. The van der Waals surface area contributed by atoms with Crippen LogP contribution in [0.25, 0.3) is 0 Å². The summed E-state index contributed by atoms with van der Waals surface area (Å²) >= 11 is 1.19. The van der Waals surface area contributed by atoms with Crippen LogP contribution in [0.3, 0.4) is 0 Å². The SMILES string of the molecule is CS[C@H]1O[C@H]([C@H](N=P)C(C)=O)[C@H](OC(C)=O)[C@H](OC(C)=O)[C@H]1OC(C)=O. The molecule has 0 saturated carbocycles. The summed E-state index contributed by atoms with van der Waals surface area (Å²) in [5, 5.41) is 0. The van der Waals surface area contributed by atoms with Gasteiger partial charge in [0.05, 0.1) is 0 Å². The molecule has 0 spiro atoms. The third-order valence-electron chi connectivity index (χ3n) is 3.54. The number of ketones is 1. The molecule has 0 aromatic rings. The fourth-order valence-corrected chi connectivity index (χ4v) is 3.69. The Morgan fingerprint density at radius 1 is 0.923 bits per heavy atom. The Bertz CT molecular complexity index is 586. The van der Waals surface area contributed by atoms with E-state index in [2.05, 4.69) is 13.8 Å². The van der Waals surface area contributed by atoms with Crippen molar-refractivity contribution in [2.75, 3.05) is 6.26 Å². The topological polar surface area (TPSA) is 118 Å². The van der Waals surface area contributed by atoms with Crippen LogP contribution >= 0.6 is 20.8 Å². The van der Waals surface area contributed by atoms with Crippen molar-refractivity contribution in [3.63, 3.8) is 0 Å². The van der Waals surface area contributed by atoms with Crippen molar-refractivity contribution < 1.29 is 38.1 Å². The lowest BCUT2D eigenvalue weighted by Crippen LogP contribution is -2.63. The zero-order chi connectivity index (χ0) is 20.0. The lowest BCUT2D eigenvalue weighted by atomic mass is 9.92. The van der Waals surface area contributed by atoms with Crippen molar-refractivity contribution >= 4 is 44.5 Å². The number of carbonyl (C=O) groups excluding carboxylic acids is 4. The molecule has 0 unspecified atom stereocenters. The molecule has 0 aromatic heterocycles. The fraction of sp³-hybridized carbons (Fsp3) is 0.733. The first-order chi connectivity index (χ1) is 12.1. The van der Waals surface area contributed by atoms with E-state index in [0.717, 1.165) is 6.92 Å². The van der Waals surface area contributed by atoms with Crippen LogP contribution in [-0.2, 0) is 38.1 Å². The van der Waals surface area contributed by atoms with E-state index >= 15 is 0 Å². The second kappa shape index (κ2) is 9.99. The first kappa shape index (κ1) is 22.5. The van der Waals surface area contributed by atoms with Crippen molar-refractivity contribution in [2.45, 2.75) is 63.6 Å². The molecule has 0 aromatic carbocycles. The van der Waals surface area contributed by atoms with Gasteiger partial charge in [0.1, 0.15) is 17.6 Å². The van der Waals surface area contributed by atoms with E-state index in [1.54, 1.807) is 6.26 Å². The van der Waals surface area contributed by atoms with Crippen LogP contribution in [0, 0.1) is 0 Å². The summed E-state index contributed by atoms with van der Waals surface area (Å²) in [6, 6.07) is -1.03. The summed E-state index contributed by atoms with van der Waals surface area (Å²) < 4.78 is 25.5. The molecule has 6 atom stereocenters. The zero-order valence-electron chi connectivity index (χ0n) is 15.1. The van der Waals surface area contributed by atoms with Crippen molar-refractivity contribution in [2.24, 2.45) is 4.74 Å². The van der Waals surface area contributed by atoms with Crippen LogP contribution < -0.4 is 0 Å². The second-order valence-corrected chi connectivity index (χ2v) is 6.81. The number of hydrogen-bond acceptors (Lipinski definition) is 10. The number of thioether (sulfide) groups is 1. The quantitative estimate of drug-likeness (QED) is 0.348. The fourth-order valence-electron chi connectivity index (χ4n) is 2.64. The Kier molecular flexibility index (Phi) is 8.66. The van der Waals surface area contributed by atoms with Gasteiger partial charge in [-0.1, -0.05) is 0 Å². The van der Waals surface area contributed by atoms with E-state index in [0.29, 0.717) is 0 Å². The molecule has 1 fully saturated rings. The maximum Gasteiger partial charge on any atom is 0.303 e. The Morgan fingerprint density at radius 2 is 1.38 bits per heavy atom. The minimum absolute atomic E-state index is 0.352. The molecule has 1 aliphatic heterocycles. The molecule has 9 nitrogen and oxygen atoms in total. The number of carbonyl (C=O) groups is 4. The zero-order valence-corrected chi connectivity index (χ0v) is 16.9. The van der Waals surface area contributed by atoms with E-state index in [9.17, 15) is 19.2 Å². The third-order valence-corrected chi connectivity index (χ3v) is 4.66. The van der Waals surface area contributed by atoms with E-state index in [1.807, 2.05) is 0 Å². The number of nitrogens with zero attached hydrogens (tertiary/aromatic N) is 1. The highest BCUT2D eigenvalue weighted by Gasteiger charge is 2.54. The van der Waals surface area contributed by atoms with Crippen molar-refractivity contribution in [1.29, 1.82) is 0 Å². The summed E-state index contributed by atoms with van der Waals surface area (Å²) in [5.74, 6) is -2.32. The van der Waals surface area contributed by atoms with Gasteiger partial charge in [0.15, 0.2) is 24.1 Å². The molecule has 1 rings (SSSR count). The Hall–Kier alpha value is -1.51. The second-order valence-electron chi connectivity index (χ2n) is 5.61. The van der Waals surface area contributed by atoms with Gasteiger partial charge >= 0.3 is 17.9 Å². The minimum atomic E-state index is -1.20. The summed E-state index contributed by atoms with van der Waals surface area (Å²) in [6.45, 7) is 4.83. The highest BCUT2D eigenvalue weighted by molar-refractivity contribution is 7.99. The number of esters is 3. The Balaban J connectivity index is 3.40. The van der Waals surface area contributed by atoms with Crippen LogP contribution in [0.5, 0.6) is 0 Å². The molecule has 0 radical (unpaired) electrons. The van der Waals surface area contributed by atoms with Gasteiger partial charge in [-0.05, 0) is 22.2 Å².